The number of carbonyl (C=O) groups excluding carboxylic acids is 1. The third kappa shape index (κ3) is 5.35. The Hall–Kier alpha value is -2.80. The molecule has 1 amide bonds. The first-order valence-corrected chi connectivity index (χ1v) is 8.26. The number of nitro groups is 1. The van der Waals surface area contributed by atoms with E-state index in [-0.39, 0.29) is 30.4 Å². The van der Waals surface area contributed by atoms with Crippen LogP contribution >= 0.6 is 0 Å². The Kier molecular flexibility index (Phi) is 6.80. The quantitative estimate of drug-likeness (QED) is 0.537. The SMILES string of the molecule is CN(C)CCN(Cc1ccccc1F)C(=O)Cc1ccccc1[N+](=O)[O-]. The zero-order valence-electron chi connectivity index (χ0n) is 14.9. The Morgan fingerprint density at radius 1 is 1.04 bits per heavy atom. The van der Waals surface area contributed by atoms with E-state index in [1.807, 2.05) is 19.0 Å². The van der Waals surface area contributed by atoms with Gasteiger partial charge >= 0.3 is 0 Å². The average Bonchev–Trinajstić information content (AvgIpc) is 2.60. The van der Waals surface area contributed by atoms with E-state index < -0.39 is 4.92 Å². The summed E-state index contributed by atoms with van der Waals surface area (Å²) >= 11 is 0. The van der Waals surface area contributed by atoms with Gasteiger partial charge < -0.3 is 9.80 Å². The van der Waals surface area contributed by atoms with Crippen molar-refractivity contribution in [2.24, 2.45) is 0 Å². The van der Waals surface area contributed by atoms with E-state index in [1.165, 1.54) is 17.0 Å². The lowest BCUT2D eigenvalue weighted by molar-refractivity contribution is -0.385. The summed E-state index contributed by atoms with van der Waals surface area (Å²) in [5.74, 6) is -0.648. The van der Waals surface area contributed by atoms with Gasteiger partial charge in [0.15, 0.2) is 0 Å². The second kappa shape index (κ2) is 9.05. The molecule has 7 heteroatoms. The number of carbonyl (C=O) groups is 1. The molecule has 26 heavy (non-hydrogen) atoms. The molecule has 0 aromatic heterocycles. The lowest BCUT2D eigenvalue weighted by Crippen LogP contribution is -2.37. The van der Waals surface area contributed by atoms with E-state index in [9.17, 15) is 19.3 Å². The molecule has 0 heterocycles. The Labute approximate surface area is 152 Å². The van der Waals surface area contributed by atoms with Crippen molar-refractivity contribution >= 4 is 11.6 Å². The Morgan fingerprint density at radius 3 is 2.27 bits per heavy atom. The Morgan fingerprint density at radius 2 is 1.65 bits per heavy atom. The van der Waals surface area contributed by atoms with Crippen LogP contribution in [0.5, 0.6) is 0 Å². The van der Waals surface area contributed by atoms with Crippen LogP contribution in [0.15, 0.2) is 48.5 Å². The third-order valence-electron chi connectivity index (χ3n) is 4.02. The highest BCUT2D eigenvalue weighted by Crippen LogP contribution is 2.19. The highest BCUT2D eigenvalue weighted by Gasteiger charge is 2.21. The fraction of sp³-hybridized carbons (Fsp3) is 0.316. The maximum absolute atomic E-state index is 14.0. The van der Waals surface area contributed by atoms with Crippen LogP contribution in [0.1, 0.15) is 11.1 Å². The summed E-state index contributed by atoms with van der Waals surface area (Å²) in [5, 5.41) is 11.1. The topological polar surface area (TPSA) is 66.7 Å². The van der Waals surface area contributed by atoms with Crippen LogP contribution in [0.25, 0.3) is 0 Å². The third-order valence-corrected chi connectivity index (χ3v) is 4.02. The molecule has 2 rings (SSSR count). The molecule has 0 saturated carbocycles. The number of hydrogen-bond acceptors (Lipinski definition) is 4. The molecule has 2 aromatic carbocycles. The van der Waals surface area contributed by atoms with Crippen molar-refractivity contribution < 1.29 is 14.1 Å². The molecular formula is C19H22FN3O3. The molecule has 0 aliphatic rings. The summed E-state index contributed by atoms with van der Waals surface area (Å²) in [6, 6.07) is 12.5. The van der Waals surface area contributed by atoms with Crippen molar-refractivity contribution in [1.29, 1.82) is 0 Å². The first-order chi connectivity index (χ1) is 12.4. The predicted octanol–water partition coefficient (Wildman–Crippen LogP) is 2.87. The van der Waals surface area contributed by atoms with Crippen molar-refractivity contribution in [3.8, 4) is 0 Å². The van der Waals surface area contributed by atoms with E-state index in [0.717, 1.165) is 0 Å². The summed E-state index contributed by atoms with van der Waals surface area (Å²) in [7, 11) is 3.77. The van der Waals surface area contributed by atoms with Crippen LogP contribution in [-0.4, -0.2) is 47.8 Å². The molecule has 0 bridgehead atoms. The fourth-order valence-electron chi connectivity index (χ4n) is 2.56. The number of amides is 1. The number of nitro benzene ring substituents is 1. The number of likely N-dealkylation sites (N-methyl/N-ethyl adjacent to an activating group) is 1. The van der Waals surface area contributed by atoms with Crippen molar-refractivity contribution in [2.75, 3.05) is 27.2 Å². The first kappa shape index (κ1) is 19.5. The van der Waals surface area contributed by atoms with E-state index in [2.05, 4.69) is 0 Å². The summed E-state index contributed by atoms with van der Waals surface area (Å²) < 4.78 is 14.0. The number of rotatable bonds is 8. The van der Waals surface area contributed by atoms with Crippen LogP contribution < -0.4 is 0 Å². The van der Waals surface area contributed by atoms with Gasteiger partial charge in [-0.15, -0.1) is 0 Å². The van der Waals surface area contributed by atoms with Gasteiger partial charge in [-0.05, 0) is 20.2 Å². The molecule has 0 aliphatic heterocycles. The van der Waals surface area contributed by atoms with Gasteiger partial charge in [0.05, 0.1) is 11.3 Å². The van der Waals surface area contributed by atoms with Gasteiger partial charge in [-0.1, -0.05) is 36.4 Å². The maximum atomic E-state index is 14.0. The number of halogens is 1. The van der Waals surface area contributed by atoms with E-state index in [0.29, 0.717) is 24.2 Å². The second-order valence-corrected chi connectivity index (χ2v) is 6.27. The summed E-state index contributed by atoms with van der Waals surface area (Å²) in [4.78, 5) is 26.9. The Balaban J connectivity index is 2.20. The highest BCUT2D eigenvalue weighted by atomic mass is 19.1. The molecule has 0 radical (unpaired) electrons. The monoisotopic (exact) mass is 359 g/mol. The van der Waals surface area contributed by atoms with Gasteiger partial charge in [0.25, 0.3) is 5.69 Å². The molecular weight excluding hydrogens is 337 g/mol. The average molecular weight is 359 g/mol. The minimum atomic E-state index is -0.496. The van der Waals surface area contributed by atoms with E-state index in [4.69, 9.17) is 0 Å². The normalized spacial score (nSPS) is 10.8. The summed E-state index contributed by atoms with van der Waals surface area (Å²) in [6.45, 7) is 1.14. The molecule has 0 fully saturated rings. The first-order valence-electron chi connectivity index (χ1n) is 8.26. The van der Waals surface area contributed by atoms with Crippen LogP contribution in [0.3, 0.4) is 0 Å². The van der Waals surface area contributed by atoms with Crippen LogP contribution in [0.2, 0.25) is 0 Å². The molecule has 0 saturated heterocycles. The van der Waals surface area contributed by atoms with Gasteiger partial charge in [0.1, 0.15) is 5.82 Å². The molecule has 0 spiro atoms. The lowest BCUT2D eigenvalue weighted by atomic mass is 10.1. The zero-order valence-corrected chi connectivity index (χ0v) is 14.9. The standard InChI is InChI=1S/C19H22FN3O3/c1-21(2)11-12-22(14-16-8-3-5-9-17(16)20)19(24)13-15-7-4-6-10-18(15)23(25)26/h3-10H,11-14H2,1-2H3. The minimum absolute atomic E-state index is 0.0840. The Bertz CT molecular complexity index is 780. The molecule has 0 atom stereocenters. The van der Waals surface area contributed by atoms with Crippen LogP contribution in [0, 0.1) is 15.9 Å². The van der Waals surface area contributed by atoms with Crippen LogP contribution in [-0.2, 0) is 17.8 Å². The van der Waals surface area contributed by atoms with Crippen LogP contribution in [0.4, 0.5) is 10.1 Å². The molecule has 6 nitrogen and oxygen atoms in total. The minimum Gasteiger partial charge on any atom is -0.337 e. The molecule has 138 valence electrons. The van der Waals surface area contributed by atoms with Gasteiger partial charge in [0, 0.05) is 36.8 Å². The molecule has 2 aromatic rings. The van der Waals surface area contributed by atoms with Gasteiger partial charge in [0.2, 0.25) is 5.91 Å². The smallest absolute Gasteiger partial charge is 0.273 e. The van der Waals surface area contributed by atoms with E-state index in [1.54, 1.807) is 36.4 Å². The molecule has 0 unspecified atom stereocenters. The lowest BCUT2D eigenvalue weighted by Gasteiger charge is -2.25. The molecule has 0 N–H and O–H groups in total. The summed E-state index contributed by atoms with van der Waals surface area (Å²) in [5.41, 5.74) is 0.687. The predicted molar refractivity (Wildman–Crippen MR) is 97.2 cm³/mol. The highest BCUT2D eigenvalue weighted by molar-refractivity contribution is 5.80. The summed E-state index contributed by atoms with van der Waals surface area (Å²) in [6.07, 6.45) is -0.0982. The van der Waals surface area contributed by atoms with Crippen molar-refractivity contribution in [3.05, 3.63) is 75.6 Å². The molecule has 0 aliphatic carbocycles. The van der Waals surface area contributed by atoms with E-state index >= 15 is 0 Å². The van der Waals surface area contributed by atoms with Crippen molar-refractivity contribution in [3.63, 3.8) is 0 Å². The fourth-order valence-corrected chi connectivity index (χ4v) is 2.56. The van der Waals surface area contributed by atoms with Crippen molar-refractivity contribution in [1.82, 2.24) is 9.80 Å². The van der Waals surface area contributed by atoms with Crippen molar-refractivity contribution in [2.45, 2.75) is 13.0 Å². The number of benzene rings is 2. The second-order valence-electron chi connectivity index (χ2n) is 6.27. The number of para-hydroxylation sites is 1. The number of nitrogens with zero attached hydrogens (tertiary/aromatic N) is 3. The van der Waals surface area contributed by atoms with Gasteiger partial charge in [-0.2, -0.15) is 0 Å². The largest absolute Gasteiger partial charge is 0.337 e. The zero-order chi connectivity index (χ0) is 19.1. The number of hydrogen-bond donors (Lipinski definition) is 0. The van der Waals surface area contributed by atoms with Gasteiger partial charge in [-0.3, -0.25) is 14.9 Å². The maximum Gasteiger partial charge on any atom is 0.273 e. The van der Waals surface area contributed by atoms with Gasteiger partial charge in [-0.25, -0.2) is 4.39 Å².